The van der Waals surface area contributed by atoms with Crippen LogP contribution in [0.2, 0.25) is 0 Å². The minimum Gasteiger partial charge on any atom is -0.396 e. The lowest BCUT2D eigenvalue weighted by atomic mass is 9.97. The molecule has 1 aromatic carbocycles. The molecule has 1 fully saturated rings. The van der Waals surface area contributed by atoms with Crippen LogP contribution in [0.3, 0.4) is 0 Å². The highest BCUT2D eigenvalue weighted by atomic mass is 16.3. The Bertz CT molecular complexity index is 450. The highest BCUT2D eigenvalue weighted by Crippen LogP contribution is 2.18. The van der Waals surface area contributed by atoms with E-state index in [0.717, 1.165) is 31.5 Å². The van der Waals surface area contributed by atoms with Crippen LogP contribution in [0.15, 0.2) is 24.3 Å². The molecule has 1 unspecified atom stereocenters. The van der Waals surface area contributed by atoms with Crippen LogP contribution in [0.5, 0.6) is 0 Å². The summed E-state index contributed by atoms with van der Waals surface area (Å²) in [4.78, 5) is 14.4. The summed E-state index contributed by atoms with van der Waals surface area (Å²) < 4.78 is 0. The number of carbonyl (C=O) groups is 1. The molecule has 21 heavy (non-hydrogen) atoms. The molecule has 0 spiro atoms. The number of benzene rings is 1. The monoisotopic (exact) mass is 290 g/mol. The normalized spacial score (nSPS) is 18.4. The molecule has 4 nitrogen and oxygen atoms in total. The summed E-state index contributed by atoms with van der Waals surface area (Å²) in [7, 11) is 0. The molecule has 0 bridgehead atoms. The van der Waals surface area contributed by atoms with Crippen molar-refractivity contribution in [3.05, 3.63) is 35.4 Å². The molecule has 1 aromatic rings. The zero-order valence-corrected chi connectivity index (χ0v) is 13.0. The minimum atomic E-state index is -0.102. The zero-order valence-electron chi connectivity index (χ0n) is 13.0. The summed E-state index contributed by atoms with van der Waals surface area (Å²) in [6, 6.07) is 8.12. The van der Waals surface area contributed by atoms with Gasteiger partial charge in [0, 0.05) is 13.2 Å². The lowest BCUT2D eigenvalue weighted by molar-refractivity contribution is -0.126. The van der Waals surface area contributed by atoms with Crippen molar-refractivity contribution >= 4 is 5.91 Å². The summed E-state index contributed by atoms with van der Waals surface area (Å²) in [6.07, 6.45) is 1.96. The highest BCUT2D eigenvalue weighted by Gasteiger charge is 2.25. The lowest BCUT2D eigenvalue weighted by Crippen LogP contribution is -2.48. The molecule has 116 valence electrons. The predicted molar refractivity (Wildman–Crippen MR) is 83.9 cm³/mol. The molecule has 2 rings (SSSR count). The van der Waals surface area contributed by atoms with Crippen molar-refractivity contribution in [2.75, 3.05) is 19.7 Å². The van der Waals surface area contributed by atoms with Crippen LogP contribution in [0, 0.1) is 12.8 Å². The third kappa shape index (κ3) is 4.55. The predicted octanol–water partition coefficient (Wildman–Crippen LogP) is 1.70. The number of hydrogen-bond donors (Lipinski definition) is 2. The van der Waals surface area contributed by atoms with E-state index in [9.17, 15) is 4.79 Å². The number of hydrogen-bond acceptors (Lipinski definition) is 3. The largest absolute Gasteiger partial charge is 0.396 e. The first kappa shape index (κ1) is 16.0. The number of nitrogens with one attached hydrogen (secondary N) is 1. The van der Waals surface area contributed by atoms with Crippen molar-refractivity contribution in [2.45, 2.75) is 39.3 Å². The van der Waals surface area contributed by atoms with Gasteiger partial charge in [0.05, 0.1) is 6.04 Å². The maximum Gasteiger partial charge on any atom is 0.237 e. The Labute approximate surface area is 127 Å². The van der Waals surface area contributed by atoms with E-state index < -0.39 is 0 Å². The van der Waals surface area contributed by atoms with Gasteiger partial charge in [-0.05, 0) is 51.3 Å². The molecule has 0 radical (unpaired) electrons. The van der Waals surface area contributed by atoms with E-state index in [-0.39, 0.29) is 18.6 Å². The summed E-state index contributed by atoms with van der Waals surface area (Å²) in [6.45, 7) is 6.65. The molecule has 1 aliphatic rings. The number of amides is 1. The van der Waals surface area contributed by atoms with Gasteiger partial charge in [-0.2, -0.15) is 0 Å². The van der Waals surface area contributed by atoms with Gasteiger partial charge in [0.15, 0.2) is 0 Å². The molecule has 0 saturated carbocycles. The Hall–Kier alpha value is -1.39. The molecular formula is C17H26N2O2. The molecular weight excluding hydrogens is 264 g/mol. The Morgan fingerprint density at radius 3 is 2.52 bits per heavy atom. The quantitative estimate of drug-likeness (QED) is 0.868. The number of likely N-dealkylation sites (tertiary alicyclic amines) is 1. The van der Waals surface area contributed by atoms with Crippen LogP contribution >= 0.6 is 0 Å². The van der Waals surface area contributed by atoms with Gasteiger partial charge in [0.2, 0.25) is 5.91 Å². The summed E-state index contributed by atoms with van der Waals surface area (Å²) in [5.41, 5.74) is 2.35. The first-order valence-electron chi connectivity index (χ1n) is 7.78. The van der Waals surface area contributed by atoms with Crippen LogP contribution in [-0.4, -0.2) is 41.7 Å². The fraction of sp³-hybridized carbons (Fsp3) is 0.588. The third-order valence-corrected chi connectivity index (χ3v) is 4.42. The number of rotatable bonds is 5. The Morgan fingerprint density at radius 1 is 1.33 bits per heavy atom. The van der Waals surface area contributed by atoms with Crippen LogP contribution in [-0.2, 0) is 11.3 Å². The summed E-state index contributed by atoms with van der Waals surface area (Å²) in [5.74, 6) is 0.488. The minimum absolute atomic E-state index is 0.0815. The topological polar surface area (TPSA) is 52.6 Å². The zero-order chi connectivity index (χ0) is 15.2. The van der Waals surface area contributed by atoms with E-state index in [0.29, 0.717) is 12.5 Å². The molecule has 2 N–H and O–H groups in total. The molecule has 1 atom stereocenters. The maximum atomic E-state index is 12.2. The second-order valence-electron chi connectivity index (χ2n) is 6.04. The molecule has 1 heterocycles. The second kappa shape index (κ2) is 7.57. The fourth-order valence-corrected chi connectivity index (χ4v) is 2.73. The molecule has 0 aliphatic carbocycles. The smallest absolute Gasteiger partial charge is 0.237 e. The maximum absolute atomic E-state index is 12.2. The second-order valence-corrected chi connectivity index (χ2v) is 6.04. The fourth-order valence-electron chi connectivity index (χ4n) is 2.73. The molecule has 0 aromatic heterocycles. The van der Waals surface area contributed by atoms with Crippen LogP contribution < -0.4 is 5.32 Å². The van der Waals surface area contributed by atoms with E-state index in [2.05, 4.69) is 29.3 Å². The van der Waals surface area contributed by atoms with Gasteiger partial charge in [-0.3, -0.25) is 9.69 Å². The Morgan fingerprint density at radius 2 is 1.95 bits per heavy atom. The van der Waals surface area contributed by atoms with E-state index >= 15 is 0 Å². The van der Waals surface area contributed by atoms with Crippen molar-refractivity contribution in [1.82, 2.24) is 10.2 Å². The lowest BCUT2D eigenvalue weighted by Gasteiger charge is -2.34. The van der Waals surface area contributed by atoms with Crippen molar-refractivity contribution in [3.63, 3.8) is 0 Å². The van der Waals surface area contributed by atoms with Crippen LogP contribution in [0.1, 0.15) is 30.9 Å². The molecule has 1 amide bonds. The number of nitrogens with zero attached hydrogens (tertiary/aromatic N) is 1. The van der Waals surface area contributed by atoms with Gasteiger partial charge in [0.25, 0.3) is 0 Å². The van der Waals surface area contributed by atoms with E-state index in [1.165, 1.54) is 5.56 Å². The van der Waals surface area contributed by atoms with E-state index in [4.69, 9.17) is 5.11 Å². The van der Waals surface area contributed by atoms with Crippen LogP contribution in [0.25, 0.3) is 0 Å². The average Bonchev–Trinajstić information content (AvgIpc) is 2.53. The van der Waals surface area contributed by atoms with Crippen molar-refractivity contribution in [3.8, 4) is 0 Å². The van der Waals surface area contributed by atoms with Gasteiger partial charge in [-0.25, -0.2) is 0 Å². The summed E-state index contributed by atoms with van der Waals surface area (Å²) in [5, 5.41) is 12.2. The first-order valence-corrected chi connectivity index (χ1v) is 7.78. The van der Waals surface area contributed by atoms with Gasteiger partial charge in [0.1, 0.15) is 0 Å². The average molecular weight is 290 g/mol. The third-order valence-electron chi connectivity index (χ3n) is 4.42. The number of piperidine rings is 1. The van der Waals surface area contributed by atoms with Gasteiger partial charge < -0.3 is 10.4 Å². The molecule has 1 saturated heterocycles. The number of aliphatic hydroxyl groups is 1. The van der Waals surface area contributed by atoms with Crippen molar-refractivity contribution < 1.29 is 9.90 Å². The Kier molecular flexibility index (Phi) is 5.76. The SMILES string of the molecule is Cc1ccc(CNC(=O)C(C)N2CCC(CO)CC2)cc1. The van der Waals surface area contributed by atoms with Gasteiger partial charge in [-0.15, -0.1) is 0 Å². The molecule has 1 aliphatic heterocycles. The van der Waals surface area contributed by atoms with Gasteiger partial charge >= 0.3 is 0 Å². The van der Waals surface area contributed by atoms with E-state index in [1.807, 2.05) is 19.1 Å². The highest BCUT2D eigenvalue weighted by molar-refractivity contribution is 5.81. The number of aryl methyl sites for hydroxylation is 1. The first-order chi connectivity index (χ1) is 10.1. The number of carbonyl (C=O) groups excluding carboxylic acids is 1. The number of aliphatic hydroxyl groups excluding tert-OH is 1. The Balaban J connectivity index is 1.78. The standard InChI is InChI=1S/C17H26N2O2/c1-13-3-5-15(6-4-13)11-18-17(21)14(2)19-9-7-16(12-20)8-10-19/h3-6,14,16,20H,7-12H2,1-2H3,(H,18,21). The van der Waals surface area contributed by atoms with Crippen molar-refractivity contribution in [2.24, 2.45) is 5.92 Å². The molecule has 4 heteroatoms. The van der Waals surface area contributed by atoms with Crippen LogP contribution in [0.4, 0.5) is 0 Å². The van der Waals surface area contributed by atoms with E-state index in [1.54, 1.807) is 0 Å². The van der Waals surface area contributed by atoms with Crippen molar-refractivity contribution in [1.29, 1.82) is 0 Å². The summed E-state index contributed by atoms with van der Waals surface area (Å²) >= 11 is 0. The van der Waals surface area contributed by atoms with Gasteiger partial charge in [-0.1, -0.05) is 29.8 Å².